The van der Waals surface area contributed by atoms with Gasteiger partial charge in [-0.3, -0.25) is 4.79 Å². The number of anilines is 1. The van der Waals surface area contributed by atoms with Crippen molar-refractivity contribution in [3.63, 3.8) is 0 Å². The average molecular weight is 444 g/mol. The molecule has 0 saturated heterocycles. The monoisotopic (exact) mass is 443 g/mol. The van der Waals surface area contributed by atoms with E-state index in [2.05, 4.69) is 59.0 Å². The van der Waals surface area contributed by atoms with Crippen molar-refractivity contribution in [1.29, 1.82) is 0 Å². The molecule has 0 spiro atoms. The largest absolute Gasteiger partial charge is 0.325 e. The maximum absolute atomic E-state index is 12.7. The highest BCUT2D eigenvalue weighted by molar-refractivity contribution is 7.99. The maximum atomic E-state index is 12.7. The van der Waals surface area contributed by atoms with Gasteiger partial charge in [0.05, 0.1) is 11.4 Å². The quantitative estimate of drug-likeness (QED) is 0.383. The summed E-state index contributed by atoms with van der Waals surface area (Å²) >= 11 is 1.31. The fourth-order valence-corrected chi connectivity index (χ4v) is 4.05. The summed E-state index contributed by atoms with van der Waals surface area (Å²) in [7, 11) is 0. The molecule has 162 valence electrons. The van der Waals surface area contributed by atoms with Gasteiger partial charge in [-0.1, -0.05) is 86.3 Å². The smallest absolute Gasteiger partial charge is 0.234 e. The van der Waals surface area contributed by atoms with Crippen LogP contribution >= 0.6 is 11.8 Å². The highest BCUT2D eigenvalue weighted by atomic mass is 32.2. The second-order valence-corrected chi connectivity index (χ2v) is 8.72. The van der Waals surface area contributed by atoms with Gasteiger partial charge < -0.3 is 5.32 Å². The van der Waals surface area contributed by atoms with Crippen LogP contribution in [0.4, 0.5) is 5.69 Å². The first kappa shape index (κ1) is 21.8. The predicted molar refractivity (Wildman–Crippen MR) is 128 cm³/mol. The molecule has 0 aliphatic carbocycles. The molecule has 32 heavy (non-hydrogen) atoms. The number of carbonyl (C=O) groups is 1. The molecule has 0 aliphatic heterocycles. The van der Waals surface area contributed by atoms with Crippen LogP contribution in [0.2, 0.25) is 0 Å². The summed E-state index contributed by atoms with van der Waals surface area (Å²) in [4.78, 5) is 12.7. The van der Waals surface area contributed by atoms with E-state index in [0.717, 1.165) is 23.4 Å². The van der Waals surface area contributed by atoms with Gasteiger partial charge in [0, 0.05) is 5.69 Å². The number of rotatable bonds is 8. The normalized spacial score (nSPS) is 11.0. The van der Waals surface area contributed by atoms with Gasteiger partial charge in [-0.15, -0.1) is 5.10 Å². The summed E-state index contributed by atoms with van der Waals surface area (Å²) in [5.74, 6) is 0.574. The van der Waals surface area contributed by atoms with Crippen LogP contribution in [0.3, 0.4) is 0 Å². The molecule has 6 nitrogen and oxygen atoms in total. The summed E-state index contributed by atoms with van der Waals surface area (Å²) in [6.45, 7) is 4.31. The number of aromatic nitrogens is 4. The topological polar surface area (TPSA) is 72.7 Å². The first-order chi connectivity index (χ1) is 15.6. The molecule has 7 heteroatoms. The van der Waals surface area contributed by atoms with E-state index >= 15 is 0 Å². The molecule has 0 unspecified atom stereocenters. The lowest BCUT2D eigenvalue weighted by Crippen LogP contribution is -2.16. The van der Waals surface area contributed by atoms with E-state index in [-0.39, 0.29) is 11.7 Å². The first-order valence-corrected chi connectivity index (χ1v) is 11.5. The van der Waals surface area contributed by atoms with Crippen LogP contribution in [-0.2, 0) is 11.2 Å². The predicted octanol–water partition coefficient (Wildman–Crippen LogP) is 5.11. The van der Waals surface area contributed by atoms with E-state index in [4.69, 9.17) is 0 Å². The van der Waals surface area contributed by atoms with Crippen LogP contribution in [0, 0.1) is 0 Å². The third-order valence-electron chi connectivity index (χ3n) is 5.11. The van der Waals surface area contributed by atoms with Crippen molar-refractivity contribution in [2.45, 2.75) is 31.3 Å². The zero-order chi connectivity index (χ0) is 22.3. The van der Waals surface area contributed by atoms with Crippen molar-refractivity contribution in [3.8, 4) is 5.69 Å². The van der Waals surface area contributed by atoms with Crippen molar-refractivity contribution in [3.05, 3.63) is 95.6 Å². The molecular formula is C25H25N5OS. The lowest BCUT2D eigenvalue weighted by Gasteiger charge is -2.11. The zero-order valence-corrected chi connectivity index (χ0v) is 18.9. The summed E-state index contributed by atoms with van der Waals surface area (Å²) < 4.78 is 1.66. The Kier molecular flexibility index (Phi) is 6.97. The fraction of sp³-hybridized carbons (Fsp3) is 0.200. The van der Waals surface area contributed by atoms with E-state index in [9.17, 15) is 4.79 Å². The second-order valence-electron chi connectivity index (χ2n) is 7.78. The van der Waals surface area contributed by atoms with E-state index in [0.29, 0.717) is 11.1 Å². The van der Waals surface area contributed by atoms with Gasteiger partial charge >= 0.3 is 0 Å². The summed E-state index contributed by atoms with van der Waals surface area (Å²) in [6, 6.07) is 26.2. The Balaban J connectivity index is 1.40. The number of nitrogens with zero attached hydrogens (tertiary/aromatic N) is 4. The minimum Gasteiger partial charge on any atom is -0.325 e. The minimum atomic E-state index is -0.0970. The molecule has 0 fully saturated rings. The van der Waals surface area contributed by atoms with Crippen molar-refractivity contribution in [1.82, 2.24) is 20.2 Å². The Morgan fingerprint density at radius 2 is 1.69 bits per heavy atom. The second kappa shape index (κ2) is 10.2. The number of hydrogen-bond donors (Lipinski definition) is 1. The lowest BCUT2D eigenvalue weighted by atomic mass is 10.0. The Morgan fingerprint density at radius 1 is 0.969 bits per heavy atom. The van der Waals surface area contributed by atoms with Gasteiger partial charge in [-0.05, 0) is 57.7 Å². The van der Waals surface area contributed by atoms with Crippen molar-refractivity contribution >= 4 is 23.4 Å². The Labute approximate surface area is 192 Å². The highest BCUT2D eigenvalue weighted by Gasteiger charge is 2.13. The Hall–Kier alpha value is -3.45. The molecular weight excluding hydrogens is 418 g/mol. The van der Waals surface area contributed by atoms with Crippen LogP contribution in [0.15, 0.2) is 84.0 Å². The Bertz CT molecular complexity index is 1170. The molecule has 0 radical (unpaired) electrons. The van der Waals surface area contributed by atoms with Gasteiger partial charge in [0.25, 0.3) is 0 Å². The Morgan fingerprint density at radius 3 is 2.44 bits per heavy atom. The number of amides is 1. The fourth-order valence-electron chi connectivity index (χ4n) is 3.36. The molecule has 1 N–H and O–H groups in total. The van der Waals surface area contributed by atoms with Crippen molar-refractivity contribution < 1.29 is 4.79 Å². The van der Waals surface area contributed by atoms with Gasteiger partial charge in [-0.25, -0.2) is 0 Å². The number of thioether (sulfide) groups is 1. The van der Waals surface area contributed by atoms with Crippen LogP contribution in [-0.4, -0.2) is 31.9 Å². The lowest BCUT2D eigenvalue weighted by molar-refractivity contribution is -0.113. The molecule has 1 amide bonds. The molecule has 4 aromatic rings. The zero-order valence-electron chi connectivity index (χ0n) is 18.1. The first-order valence-electron chi connectivity index (χ1n) is 10.5. The SMILES string of the molecule is CC(C)c1ccc(-n2nnnc2SCC(=O)Nc2ccccc2Cc2ccccc2)cc1. The maximum Gasteiger partial charge on any atom is 0.234 e. The number of tetrazole rings is 1. The number of nitrogens with one attached hydrogen (secondary N) is 1. The number of benzene rings is 3. The van der Waals surface area contributed by atoms with Crippen molar-refractivity contribution in [2.24, 2.45) is 0 Å². The summed E-state index contributed by atoms with van der Waals surface area (Å²) in [6.07, 6.45) is 0.759. The van der Waals surface area contributed by atoms with Crippen LogP contribution in [0.5, 0.6) is 0 Å². The van der Waals surface area contributed by atoms with Crippen LogP contribution in [0.25, 0.3) is 5.69 Å². The van der Waals surface area contributed by atoms with Gasteiger partial charge in [-0.2, -0.15) is 4.68 Å². The number of para-hydroxylation sites is 1. The summed E-state index contributed by atoms with van der Waals surface area (Å²) in [5.41, 5.74) is 5.23. The highest BCUT2D eigenvalue weighted by Crippen LogP contribution is 2.22. The van der Waals surface area contributed by atoms with Crippen LogP contribution < -0.4 is 5.32 Å². The van der Waals surface area contributed by atoms with Gasteiger partial charge in [0.1, 0.15) is 0 Å². The van der Waals surface area contributed by atoms with Gasteiger partial charge in [0.2, 0.25) is 11.1 Å². The number of carbonyl (C=O) groups excluding carboxylic acids is 1. The van der Waals surface area contributed by atoms with E-state index in [1.165, 1.54) is 22.9 Å². The van der Waals surface area contributed by atoms with E-state index in [1.54, 1.807) is 4.68 Å². The third-order valence-corrected chi connectivity index (χ3v) is 6.03. The third kappa shape index (κ3) is 5.42. The van der Waals surface area contributed by atoms with Crippen LogP contribution in [0.1, 0.15) is 36.5 Å². The average Bonchev–Trinajstić information content (AvgIpc) is 3.28. The molecule has 0 bridgehead atoms. The standard InChI is InChI=1S/C25H25N5OS/c1-18(2)20-12-14-22(15-13-20)30-25(27-28-29-30)32-17-24(31)26-23-11-7-6-10-21(23)16-19-8-4-3-5-9-19/h3-15,18H,16-17H2,1-2H3,(H,26,31). The molecule has 4 rings (SSSR count). The molecule has 1 aromatic heterocycles. The molecule has 1 heterocycles. The molecule has 3 aromatic carbocycles. The summed E-state index contributed by atoms with van der Waals surface area (Å²) in [5, 5.41) is 15.6. The molecule has 0 atom stereocenters. The molecule has 0 aliphatic rings. The van der Waals surface area contributed by atoms with E-state index < -0.39 is 0 Å². The van der Waals surface area contributed by atoms with Gasteiger partial charge in [0.15, 0.2) is 0 Å². The van der Waals surface area contributed by atoms with E-state index in [1.807, 2.05) is 54.6 Å². The van der Waals surface area contributed by atoms with Crippen molar-refractivity contribution in [2.75, 3.05) is 11.1 Å². The minimum absolute atomic E-state index is 0.0970. The molecule has 0 saturated carbocycles. The number of hydrogen-bond acceptors (Lipinski definition) is 5.